The third kappa shape index (κ3) is 4.74. The maximum absolute atomic E-state index is 13.1. The molecule has 0 bridgehead atoms. The van der Waals surface area contributed by atoms with Crippen LogP contribution in [0.25, 0.3) is 0 Å². The van der Waals surface area contributed by atoms with E-state index in [1.165, 1.54) is 0 Å². The molecule has 0 radical (unpaired) electrons. The van der Waals surface area contributed by atoms with Gasteiger partial charge in [0.05, 0.1) is 6.04 Å². The van der Waals surface area contributed by atoms with Crippen molar-refractivity contribution in [2.45, 2.75) is 12.4 Å². The average Bonchev–Trinajstić information content (AvgIpc) is 2.18. The number of hydrogen-bond donors (Lipinski definition) is 1. The third-order valence-corrected chi connectivity index (χ3v) is 1.78. The fourth-order valence-electron chi connectivity index (χ4n) is 1.04. The van der Waals surface area contributed by atoms with Gasteiger partial charge in [0, 0.05) is 0 Å². The second kappa shape index (κ2) is 6.02. The molecular weight excluding hydrogens is 269 g/mol. The van der Waals surface area contributed by atoms with Crippen LogP contribution < -0.4 is 10.5 Å². The van der Waals surface area contributed by atoms with Crippen molar-refractivity contribution < 1.29 is 26.7 Å². The van der Waals surface area contributed by atoms with Crippen LogP contribution in [0.3, 0.4) is 0 Å². The highest BCUT2D eigenvalue weighted by atomic mass is 35.5. The highest BCUT2D eigenvalue weighted by Gasteiger charge is 2.32. The second-order valence-electron chi connectivity index (χ2n) is 3.00. The zero-order valence-electron chi connectivity index (χ0n) is 8.30. The highest BCUT2D eigenvalue weighted by molar-refractivity contribution is 5.85. The van der Waals surface area contributed by atoms with Crippen molar-refractivity contribution in [2.75, 3.05) is 6.67 Å². The monoisotopic (exact) mass is 277 g/mol. The molecule has 1 rings (SSSR count). The summed E-state index contributed by atoms with van der Waals surface area (Å²) in [6, 6.07) is 1.49. The van der Waals surface area contributed by atoms with Gasteiger partial charge in [-0.05, 0) is 17.7 Å². The molecule has 0 aromatic heterocycles. The topological polar surface area (TPSA) is 35.2 Å². The molecule has 0 spiro atoms. The Morgan fingerprint density at radius 3 is 2.29 bits per heavy atom. The predicted octanol–water partition coefficient (Wildman–Crippen LogP) is 3.12. The van der Waals surface area contributed by atoms with Gasteiger partial charge in [-0.15, -0.1) is 25.6 Å². The molecule has 1 aromatic carbocycles. The lowest BCUT2D eigenvalue weighted by molar-refractivity contribution is -0.275. The second-order valence-corrected chi connectivity index (χ2v) is 3.00. The summed E-state index contributed by atoms with van der Waals surface area (Å²) in [4.78, 5) is 0. The van der Waals surface area contributed by atoms with Crippen LogP contribution in [0.4, 0.5) is 22.0 Å². The average molecular weight is 278 g/mol. The van der Waals surface area contributed by atoms with Gasteiger partial charge in [-0.1, -0.05) is 6.07 Å². The summed E-state index contributed by atoms with van der Waals surface area (Å²) in [5, 5.41) is 0. The Kier molecular flexibility index (Phi) is 5.63. The maximum Gasteiger partial charge on any atom is 0.573 e. The number of rotatable bonds is 3. The molecule has 2 nitrogen and oxygen atoms in total. The van der Waals surface area contributed by atoms with Gasteiger partial charge in [0.25, 0.3) is 0 Å². The Labute approximate surface area is 100.0 Å². The van der Waals surface area contributed by atoms with Crippen LogP contribution >= 0.6 is 12.4 Å². The Bertz CT molecular complexity index is 371. The van der Waals surface area contributed by atoms with Crippen molar-refractivity contribution in [1.29, 1.82) is 0 Å². The molecule has 0 amide bonds. The van der Waals surface area contributed by atoms with Gasteiger partial charge in [-0.3, -0.25) is 0 Å². The lowest BCUT2D eigenvalue weighted by Gasteiger charge is -2.12. The van der Waals surface area contributed by atoms with E-state index in [1.807, 2.05) is 0 Å². The van der Waals surface area contributed by atoms with Crippen molar-refractivity contribution in [3.05, 3.63) is 29.6 Å². The summed E-state index contributed by atoms with van der Waals surface area (Å²) in [6.07, 6.45) is -4.97. The molecule has 0 aliphatic carbocycles. The molecule has 8 heteroatoms. The summed E-state index contributed by atoms with van der Waals surface area (Å²) in [6.45, 7) is -0.932. The first kappa shape index (κ1) is 15.9. The van der Waals surface area contributed by atoms with Gasteiger partial charge in [0.15, 0.2) is 11.6 Å². The molecule has 98 valence electrons. The molecule has 0 aliphatic rings. The summed E-state index contributed by atoms with van der Waals surface area (Å²) in [7, 11) is 0. The van der Waals surface area contributed by atoms with Crippen molar-refractivity contribution in [3.63, 3.8) is 0 Å². The molecule has 0 fully saturated rings. The lowest BCUT2D eigenvalue weighted by Crippen LogP contribution is -2.18. The highest BCUT2D eigenvalue weighted by Crippen LogP contribution is 2.27. The van der Waals surface area contributed by atoms with Crippen LogP contribution in [-0.4, -0.2) is 13.0 Å². The molecular formula is C9H9ClF5NO. The standard InChI is InChI=1S/C9H8F5NO.ClH/c10-4-7(15)5-1-2-8(6(11)3-5)16-9(12,13)14;/h1-3,7H,4,15H2;1H/t7-;/m1./s1. The van der Waals surface area contributed by atoms with Gasteiger partial charge in [0.2, 0.25) is 0 Å². The van der Waals surface area contributed by atoms with Gasteiger partial charge >= 0.3 is 6.36 Å². The van der Waals surface area contributed by atoms with Crippen molar-refractivity contribution >= 4 is 12.4 Å². The van der Waals surface area contributed by atoms with Crippen molar-refractivity contribution in [2.24, 2.45) is 5.73 Å². The molecule has 0 unspecified atom stereocenters. The van der Waals surface area contributed by atoms with Gasteiger partial charge in [0.1, 0.15) is 6.67 Å². The van der Waals surface area contributed by atoms with Gasteiger partial charge in [-0.2, -0.15) is 0 Å². The van der Waals surface area contributed by atoms with Crippen LogP contribution in [-0.2, 0) is 0 Å². The Morgan fingerprint density at radius 1 is 1.29 bits per heavy atom. The number of ether oxygens (including phenoxy) is 1. The molecule has 0 aliphatic heterocycles. The number of alkyl halides is 4. The third-order valence-electron chi connectivity index (χ3n) is 1.78. The van der Waals surface area contributed by atoms with E-state index in [-0.39, 0.29) is 18.0 Å². The SMILES string of the molecule is Cl.N[C@H](CF)c1ccc(OC(F)(F)F)c(F)c1. The van der Waals surface area contributed by atoms with Crippen LogP contribution in [0.15, 0.2) is 18.2 Å². The Hall–Kier alpha value is -1.08. The first-order valence-electron chi connectivity index (χ1n) is 4.20. The summed E-state index contributed by atoms with van der Waals surface area (Å²) in [5.41, 5.74) is 5.30. The zero-order chi connectivity index (χ0) is 12.3. The van der Waals surface area contributed by atoms with E-state index in [4.69, 9.17) is 5.73 Å². The number of benzene rings is 1. The number of hydrogen-bond acceptors (Lipinski definition) is 2. The number of halogens is 6. The van der Waals surface area contributed by atoms with Crippen LogP contribution in [0.5, 0.6) is 5.75 Å². The van der Waals surface area contributed by atoms with Crippen LogP contribution in [0.1, 0.15) is 11.6 Å². The van der Waals surface area contributed by atoms with Crippen molar-refractivity contribution in [3.8, 4) is 5.75 Å². The fraction of sp³-hybridized carbons (Fsp3) is 0.333. The van der Waals surface area contributed by atoms with Crippen LogP contribution in [0.2, 0.25) is 0 Å². The first-order chi connectivity index (χ1) is 7.33. The molecule has 2 N–H and O–H groups in total. The normalized spacial score (nSPS) is 12.8. The van der Waals surface area contributed by atoms with E-state index < -0.39 is 30.6 Å². The minimum Gasteiger partial charge on any atom is -0.403 e. The molecule has 17 heavy (non-hydrogen) atoms. The van der Waals surface area contributed by atoms with Crippen LogP contribution in [0, 0.1) is 5.82 Å². The molecule has 1 atom stereocenters. The van der Waals surface area contributed by atoms with E-state index in [9.17, 15) is 22.0 Å². The fourth-order valence-corrected chi connectivity index (χ4v) is 1.04. The summed E-state index contributed by atoms with van der Waals surface area (Å²) < 4.78 is 63.9. The van der Waals surface area contributed by atoms with Crippen molar-refractivity contribution in [1.82, 2.24) is 0 Å². The Balaban J connectivity index is 0.00000256. The minimum absolute atomic E-state index is 0. The van der Waals surface area contributed by atoms with E-state index in [0.29, 0.717) is 6.07 Å². The summed E-state index contributed by atoms with van der Waals surface area (Å²) in [5.74, 6) is -2.21. The largest absolute Gasteiger partial charge is 0.573 e. The zero-order valence-corrected chi connectivity index (χ0v) is 9.12. The smallest absolute Gasteiger partial charge is 0.403 e. The first-order valence-corrected chi connectivity index (χ1v) is 4.20. The number of nitrogens with two attached hydrogens (primary N) is 1. The molecule has 0 heterocycles. The molecule has 0 saturated carbocycles. The van der Waals surface area contributed by atoms with Gasteiger partial charge < -0.3 is 10.5 Å². The molecule has 1 aromatic rings. The summed E-state index contributed by atoms with van der Waals surface area (Å²) >= 11 is 0. The van der Waals surface area contributed by atoms with E-state index >= 15 is 0 Å². The lowest BCUT2D eigenvalue weighted by atomic mass is 10.1. The van der Waals surface area contributed by atoms with E-state index in [2.05, 4.69) is 4.74 Å². The van der Waals surface area contributed by atoms with Gasteiger partial charge in [-0.25, -0.2) is 8.78 Å². The minimum atomic E-state index is -4.97. The van der Waals surface area contributed by atoms with E-state index in [1.54, 1.807) is 0 Å². The molecule has 0 saturated heterocycles. The Morgan fingerprint density at radius 2 is 1.88 bits per heavy atom. The quantitative estimate of drug-likeness (QED) is 0.862. The predicted molar refractivity (Wildman–Crippen MR) is 53.2 cm³/mol. The maximum atomic E-state index is 13.1. The van der Waals surface area contributed by atoms with E-state index in [0.717, 1.165) is 12.1 Å².